The van der Waals surface area contributed by atoms with Gasteiger partial charge in [-0.2, -0.15) is 0 Å². The molecule has 0 aromatic carbocycles. The number of piperidine rings is 1. The number of fused-ring (bicyclic) bond motifs is 1. The molecule has 0 N–H and O–H groups in total. The Kier molecular flexibility index (Phi) is 5.62. The van der Waals surface area contributed by atoms with E-state index >= 15 is 0 Å². The molecular formula is C16H28N2O3. The van der Waals surface area contributed by atoms with Crippen molar-refractivity contribution in [2.24, 2.45) is 5.92 Å². The lowest BCUT2D eigenvalue weighted by molar-refractivity contribution is -0.166. The number of piperazine rings is 1. The van der Waals surface area contributed by atoms with Crippen LogP contribution in [0.25, 0.3) is 0 Å². The van der Waals surface area contributed by atoms with Gasteiger partial charge >= 0.3 is 0 Å². The fourth-order valence-electron chi connectivity index (χ4n) is 3.46. The minimum Gasteiger partial charge on any atom is -0.382 e. The first-order valence-electron chi connectivity index (χ1n) is 8.26. The second-order valence-corrected chi connectivity index (χ2v) is 6.31. The highest BCUT2D eigenvalue weighted by atomic mass is 16.5. The van der Waals surface area contributed by atoms with Crippen molar-refractivity contribution in [1.82, 2.24) is 9.80 Å². The minimum atomic E-state index is -0.298. The van der Waals surface area contributed by atoms with E-state index in [4.69, 9.17) is 4.74 Å². The van der Waals surface area contributed by atoms with Gasteiger partial charge in [0.15, 0.2) is 0 Å². The first kappa shape index (κ1) is 16.3. The Morgan fingerprint density at radius 2 is 2.00 bits per heavy atom. The van der Waals surface area contributed by atoms with Crippen LogP contribution in [0.4, 0.5) is 0 Å². The highest BCUT2D eigenvalue weighted by Crippen LogP contribution is 2.29. The van der Waals surface area contributed by atoms with Crippen LogP contribution in [0, 0.1) is 5.92 Å². The molecular weight excluding hydrogens is 268 g/mol. The number of hydrogen-bond donors (Lipinski definition) is 0. The summed E-state index contributed by atoms with van der Waals surface area (Å²) in [4.78, 5) is 29.2. The van der Waals surface area contributed by atoms with E-state index in [0.717, 1.165) is 32.2 Å². The van der Waals surface area contributed by atoms with Crippen molar-refractivity contribution in [2.75, 3.05) is 26.3 Å². The van der Waals surface area contributed by atoms with Crippen LogP contribution >= 0.6 is 0 Å². The molecule has 2 atom stereocenters. The fraction of sp³-hybridized carbons (Fsp3) is 0.875. The molecule has 2 rings (SSSR count). The van der Waals surface area contributed by atoms with Gasteiger partial charge in [-0.1, -0.05) is 13.8 Å². The molecule has 0 aromatic rings. The fourth-order valence-corrected chi connectivity index (χ4v) is 3.46. The number of rotatable bonds is 6. The number of carbonyl (C=O) groups is 2. The summed E-state index contributed by atoms with van der Waals surface area (Å²) in [6.07, 6.45) is 3.67. The van der Waals surface area contributed by atoms with E-state index in [1.54, 1.807) is 0 Å². The van der Waals surface area contributed by atoms with Crippen molar-refractivity contribution in [1.29, 1.82) is 0 Å². The molecule has 0 aromatic heterocycles. The molecule has 2 amide bonds. The summed E-state index contributed by atoms with van der Waals surface area (Å²) < 4.78 is 5.36. The molecule has 2 aliphatic rings. The summed E-state index contributed by atoms with van der Waals surface area (Å²) >= 11 is 0. The average molecular weight is 296 g/mol. The summed E-state index contributed by atoms with van der Waals surface area (Å²) in [7, 11) is 0. The predicted octanol–water partition coefficient (Wildman–Crippen LogP) is 1.66. The van der Waals surface area contributed by atoms with E-state index in [9.17, 15) is 9.59 Å². The van der Waals surface area contributed by atoms with Crippen LogP contribution in [0.5, 0.6) is 0 Å². The van der Waals surface area contributed by atoms with Crippen LogP contribution in [0.15, 0.2) is 0 Å². The Morgan fingerprint density at radius 1 is 1.24 bits per heavy atom. The molecule has 2 fully saturated rings. The summed E-state index contributed by atoms with van der Waals surface area (Å²) in [5, 5.41) is 0. The van der Waals surface area contributed by atoms with Gasteiger partial charge < -0.3 is 14.5 Å². The van der Waals surface area contributed by atoms with Gasteiger partial charge in [-0.05, 0) is 38.5 Å². The number of hydrogen-bond acceptors (Lipinski definition) is 3. The van der Waals surface area contributed by atoms with Crippen molar-refractivity contribution in [3.63, 3.8) is 0 Å². The predicted molar refractivity (Wildman–Crippen MR) is 80.8 cm³/mol. The van der Waals surface area contributed by atoms with Crippen LogP contribution in [-0.2, 0) is 14.3 Å². The second-order valence-electron chi connectivity index (χ2n) is 6.31. The molecule has 0 aliphatic carbocycles. The quantitative estimate of drug-likeness (QED) is 0.700. The third-order valence-electron chi connectivity index (χ3n) is 4.47. The van der Waals surface area contributed by atoms with Gasteiger partial charge in [0.1, 0.15) is 12.1 Å². The van der Waals surface area contributed by atoms with E-state index < -0.39 is 0 Å². The summed E-state index contributed by atoms with van der Waals surface area (Å²) in [6, 6.07) is -0.512. The van der Waals surface area contributed by atoms with Crippen molar-refractivity contribution >= 4 is 11.8 Å². The normalized spacial score (nSPS) is 26.5. The Balaban J connectivity index is 2.10. The molecule has 0 saturated carbocycles. The standard InChI is InChI=1S/C16H28N2O3/c1-4-21-11-7-10-18-14(12(2)3)16(20)17-9-6-5-8-13(17)15(18)19/h12-14H,4-11H2,1-3H3. The van der Waals surface area contributed by atoms with Gasteiger partial charge in [0, 0.05) is 26.3 Å². The minimum absolute atomic E-state index is 0.143. The first-order chi connectivity index (χ1) is 10.1. The maximum atomic E-state index is 12.8. The molecule has 0 radical (unpaired) electrons. The van der Waals surface area contributed by atoms with Gasteiger partial charge in [-0.15, -0.1) is 0 Å². The Bertz CT molecular complexity index is 384. The van der Waals surface area contributed by atoms with Crippen LogP contribution in [0.3, 0.4) is 0 Å². The highest BCUT2D eigenvalue weighted by Gasteiger charge is 2.47. The Hall–Kier alpha value is -1.10. The third kappa shape index (κ3) is 3.39. The molecule has 2 heterocycles. The van der Waals surface area contributed by atoms with Gasteiger partial charge in [-0.3, -0.25) is 9.59 Å². The van der Waals surface area contributed by atoms with Crippen molar-refractivity contribution in [3.8, 4) is 0 Å². The van der Waals surface area contributed by atoms with E-state index in [0.29, 0.717) is 19.8 Å². The zero-order valence-electron chi connectivity index (χ0n) is 13.5. The van der Waals surface area contributed by atoms with Crippen LogP contribution in [-0.4, -0.2) is 60.0 Å². The van der Waals surface area contributed by atoms with Crippen molar-refractivity contribution < 1.29 is 14.3 Å². The Morgan fingerprint density at radius 3 is 2.67 bits per heavy atom. The smallest absolute Gasteiger partial charge is 0.246 e. The largest absolute Gasteiger partial charge is 0.382 e. The molecule has 0 bridgehead atoms. The number of ether oxygens (including phenoxy) is 1. The van der Waals surface area contributed by atoms with Crippen LogP contribution < -0.4 is 0 Å². The summed E-state index contributed by atoms with van der Waals surface area (Å²) in [5.74, 6) is 0.437. The van der Waals surface area contributed by atoms with E-state index in [2.05, 4.69) is 0 Å². The molecule has 2 aliphatic heterocycles. The summed E-state index contributed by atoms with van der Waals surface area (Å²) in [5.41, 5.74) is 0. The van der Waals surface area contributed by atoms with Crippen molar-refractivity contribution in [2.45, 2.75) is 58.5 Å². The Labute approximate surface area is 127 Å². The van der Waals surface area contributed by atoms with Gasteiger partial charge in [0.05, 0.1) is 0 Å². The molecule has 2 saturated heterocycles. The van der Waals surface area contributed by atoms with Gasteiger partial charge in [-0.25, -0.2) is 0 Å². The monoisotopic (exact) mass is 296 g/mol. The third-order valence-corrected chi connectivity index (χ3v) is 4.47. The van der Waals surface area contributed by atoms with Gasteiger partial charge in [0.2, 0.25) is 11.8 Å². The van der Waals surface area contributed by atoms with Crippen molar-refractivity contribution in [3.05, 3.63) is 0 Å². The molecule has 21 heavy (non-hydrogen) atoms. The lowest BCUT2D eigenvalue weighted by Gasteiger charge is -2.48. The van der Waals surface area contributed by atoms with Crippen LogP contribution in [0.2, 0.25) is 0 Å². The zero-order chi connectivity index (χ0) is 15.4. The highest BCUT2D eigenvalue weighted by molar-refractivity contribution is 5.97. The van der Waals surface area contributed by atoms with E-state index in [1.807, 2.05) is 30.6 Å². The SMILES string of the molecule is CCOCCCN1C(=O)C2CCCCN2C(=O)C1C(C)C. The molecule has 2 unspecified atom stereocenters. The molecule has 120 valence electrons. The first-order valence-corrected chi connectivity index (χ1v) is 8.26. The maximum absolute atomic E-state index is 12.8. The maximum Gasteiger partial charge on any atom is 0.246 e. The second kappa shape index (κ2) is 7.25. The number of carbonyl (C=O) groups excluding carboxylic acids is 2. The number of nitrogens with zero attached hydrogens (tertiary/aromatic N) is 2. The molecule has 0 spiro atoms. The lowest BCUT2D eigenvalue weighted by Crippen LogP contribution is -2.67. The van der Waals surface area contributed by atoms with E-state index in [-0.39, 0.29) is 29.8 Å². The molecule has 5 nitrogen and oxygen atoms in total. The van der Waals surface area contributed by atoms with Gasteiger partial charge in [0.25, 0.3) is 0 Å². The average Bonchev–Trinajstić information content (AvgIpc) is 2.48. The zero-order valence-corrected chi connectivity index (χ0v) is 13.5. The van der Waals surface area contributed by atoms with E-state index in [1.165, 1.54) is 0 Å². The summed E-state index contributed by atoms with van der Waals surface area (Å²) in [6.45, 7) is 8.71. The topological polar surface area (TPSA) is 49.9 Å². The lowest BCUT2D eigenvalue weighted by atomic mass is 9.90. The number of amides is 2. The van der Waals surface area contributed by atoms with Crippen LogP contribution in [0.1, 0.15) is 46.5 Å². The molecule has 5 heteroatoms.